The number of hydrogen-bond acceptors (Lipinski definition) is 3. The Balaban J connectivity index is 2.06. The van der Waals surface area contributed by atoms with Gasteiger partial charge in [0.15, 0.2) is 0 Å². The van der Waals surface area contributed by atoms with Crippen LogP contribution in [0, 0.1) is 0 Å². The second-order valence-electron chi connectivity index (χ2n) is 4.38. The van der Waals surface area contributed by atoms with Crippen LogP contribution in [0.3, 0.4) is 0 Å². The van der Waals surface area contributed by atoms with Crippen LogP contribution in [0.25, 0.3) is 0 Å². The molecule has 6 heteroatoms. The third-order valence-electron chi connectivity index (χ3n) is 2.93. The van der Waals surface area contributed by atoms with Crippen LogP contribution < -0.4 is 11.1 Å². The van der Waals surface area contributed by atoms with Gasteiger partial charge in [0.2, 0.25) is 5.91 Å². The van der Waals surface area contributed by atoms with Crippen molar-refractivity contribution in [2.75, 3.05) is 19.3 Å². The van der Waals surface area contributed by atoms with Crippen molar-refractivity contribution in [1.82, 2.24) is 10.2 Å². The zero-order valence-corrected chi connectivity index (χ0v) is 10.7. The zero-order chi connectivity index (χ0) is 13.3. The lowest BCUT2D eigenvalue weighted by atomic mass is 10.1. The molecule has 96 valence electrons. The van der Waals surface area contributed by atoms with E-state index in [4.69, 9.17) is 17.3 Å². The molecule has 0 saturated carbocycles. The number of anilines is 1. The number of nitrogens with zero attached hydrogens (tertiary/aromatic N) is 1. The lowest BCUT2D eigenvalue weighted by Crippen LogP contribution is -2.36. The molecule has 18 heavy (non-hydrogen) atoms. The Labute approximate surface area is 110 Å². The molecule has 1 atom stereocenters. The normalized spacial score (nSPS) is 19.1. The second-order valence-corrected chi connectivity index (χ2v) is 4.82. The van der Waals surface area contributed by atoms with E-state index in [0.29, 0.717) is 29.2 Å². The highest BCUT2D eigenvalue weighted by Gasteiger charge is 2.28. The molecule has 0 bridgehead atoms. The fourth-order valence-corrected chi connectivity index (χ4v) is 2.14. The molecule has 1 aromatic rings. The van der Waals surface area contributed by atoms with Gasteiger partial charge in [-0.1, -0.05) is 11.6 Å². The van der Waals surface area contributed by atoms with Gasteiger partial charge in [-0.3, -0.25) is 9.59 Å². The van der Waals surface area contributed by atoms with Crippen LogP contribution in [-0.2, 0) is 4.79 Å². The lowest BCUT2D eigenvalue weighted by Gasteiger charge is -2.13. The smallest absolute Gasteiger partial charge is 0.253 e. The van der Waals surface area contributed by atoms with E-state index >= 15 is 0 Å². The number of carbonyl (C=O) groups excluding carboxylic acids is 2. The van der Waals surface area contributed by atoms with Gasteiger partial charge in [-0.2, -0.15) is 0 Å². The van der Waals surface area contributed by atoms with E-state index in [1.807, 2.05) is 0 Å². The summed E-state index contributed by atoms with van der Waals surface area (Å²) in [7, 11) is 1.71. The lowest BCUT2D eigenvalue weighted by molar-refractivity contribution is -0.126. The molecular weight excluding hydrogens is 254 g/mol. The molecule has 1 saturated heterocycles. The molecule has 5 nitrogen and oxygen atoms in total. The Morgan fingerprint density at radius 1 is 1.56 bits per heavy atom. The SMILES string of the molecule is CN1CC(NC(=O)c2ccc(Cl)cc2N)CC1=O. The number of likely N-dealkylation sites (N-methyl/N-ethyl adjacent to an activating group) is 1. The average Bonchev–Trinajstić information content (AvgIpc) is 2.57. The molecule has 0 aromatic heterocycles. The quantitative estimate of drug-likeness (QED) is 0.781. The van der Waals surface area contributed by atoms with E-state index in [2.05, 4.69) is 5.32 Å². The molecule has 1 fully saturated rings. The number of rotatable bonds is 2. The van der Waals surface area contributed by atoms with Crippen molar-refractivity contribution in [1.29, 1.82) is 0 Å². The van der Waals surface area contributed by atoms with Crippen LogP contribution in [-0.4, -0.2) is 36.3 Å². The molecule has 0 aliphatic carbocycles. The molecule has 1 aromatic carbocycles. The van der Waals surface area contributed by atoms with Gasteiger partial charge in [0, 0.05) is 30.7 Å². The number of nitrogen functional groups attached to an aromatic ring is 1. The molecular formula is C12H14ClN3O2. The van der Waals surface area contributed by atoms with Crippen molar-refractivity contribution in [3.05, 3.63) is 28.8 Å². The van der Waals surface area contributed by atoms with Crippen molar-refractivity contribution in [3.8, 4) is 0 Å². The topological polar surface area (TPSA) is 75.4 Å². The Kier molecular flexibility index (Phi) is 3.43. The largest absolute Gasteiger partial charge is 0.398 e. The molecule has 2 amide bonds. The number of carbonyl (C=O) groups is 2. The number of nitrogens with two attached hydrogens (primary N) is 1. The van der Waals surface area contributed by atoms with Crippen LogP contribution in [0.4, 0.5) is 5.69 Å². The summed E-state index contributed by atoms with van der Waals surface area (Å²) in [6, 6.07) is 4.55. The minimum Gasteiger partial charge on any atom is -0.398 e. The fraction of sp³-hybridized carbons (Fsp3) is 0.333. The summed E-state index contributed by atoms with van der Waals surface area (Å²) in [5.74, 6) is -0.248. The van der Waals surface area contributed by atoms with Gasteiger partial charge in [-0.15, -0.1) is 0 Å². The molecule has 2 rings (SSSR count). The third-order valence-corrected chi connectivity index (χ3v) is 3.17. The summed E-state index contributed by atoms with van der Waals surface area (Å²) in [4.78, 5) is 24.9. The van der Waals surface area contributed by atoms with E-state index in [9.17, 15) is 9.59 Å². The van der Waals surface area contributed by atoms with Gasteiger partial charge in [0.1, 0.15) is 0 Å². The van der Waals surface area contributed by atoms with Crippen LogP contribution in [0.1, 0.15) is 16.8 Å². The van der Waals surface area contributed by atoms with Crippen LogP contribution in [0.2, 0.25) is 5.02 Å². The highest BCUT2D eigenvalue weighted by molar-refractivity contribution is 6.31. The first-order chi connectivity index (χ1) is 8.47. The summed E-state index contributed by atoms with van der Waals surface area (Å²) in [5.41, 5.74) is 6.44. The summed E-state index contributed by atoms with van der Waals surface area (Å²) < 4.78 is 0. The maximum absolute atomic E-state index is 12.0. The summed E-state index contributed by atoms with van der Waals surface area (Å²) in [6.45, 7) is 0.526. The standard InChI is InChI=1S/C12H14ClN3O2/c1-16-6-8(5-11(16)17)15-12(18)9-3-2-7(13)4-10(9)14/h2-4,8H,5-6,14H2,1H3,(H,15,18). The first-order valence-corrected chi connectivity index (χ1v) is 5.95. The van der Waals surface area contributed by atoms with Gasteiger partial charge in [-0.25, -0.2) is 0 Å². The molecule has 3 N–H and O–H groups in total. The Bertz CT molecular complexity index is 504. The number of hydrogen-bond donors (Lipinski definition) is 2. The molecule has 1 heterocycles. The van der Waals surface area contributed by atoms with E-state index in [1.165, 1.54) is 6.07 Å². The number of benzene rings is 1. The fourth-order valence-electron chi connectivity index (χ4n) is 1.96. The van der Waals surface area contributed by atoms with Gasteiger partial charge in [0.05, 0.1) is 11.6 Å². The highest BCUT2D eigenvalue weighted by Crippen LogP contribution is 2.18. The summed E-state index contributed by atoms with van der Waals surface area (Å²) in [6.07, 6.45) is 0.329. The van der Waals surface area contributed by atoms with Crippen LogP contribution in [0.5, 0.6) is 0 Å². The summed E-state index contributed by atoms with van der Waals surface area (Å²) in [5, 5.41) is 3.28. The minimum atomic E-state index is -0.280. The van der Waals surface area contributed by atoms with Crippen molar-refractivity contribution in [2.45, 2.75) is 12.5 Å². The molecule has 0 spiro atoms. The molecule has 1 aliphatic rings. The van der Waals surface area contributed by atoms with Crippen molar-refractivity contribution in [3.63, 3.8) is 0 Å². The molecule has 1 unspecified atom stereocenters. The minimum absolute atomic E-state index is 0.0318. The highest BCUT2D eigenvalue weighted by atomic mass is 35.5. The Morgan fingerprint density at radius 3 is 2.83 bits per heavy atom. The predicted molar refractivity (Wildman–Crippen MR) is 69.4 cm³/mol. The first kappa shape index (κ1) is 12.7. The number of amides is 2. The first-order valence-electron chi connectivity index (χ1n) is 5.57. The summed E-state index contributed by atoms with van der Waals surface area (Å²) >= 11 is 5.77. The second kappa shape index (κ2) is 4.86. The average molecular weight is 268 g/mol. The molecule has 1 aliphatic heterocycles. The van der Waals surface area contributed by atoms with E-state index in [-0.39, 0.29) is 17.9 Å². The van der Waals surface area contributed by atoms with E-state index in [0.717, 1.165) is 0 Å². The maximum atomic E-state index is 12.0. The Morgan fingerprint density at radius 2 is 2.28 bits per heavy atom. The van der Waals surface area contributed by atoms with E-state index in [1.54, 1.807) is 24.1 Å². The van der Waals surface area contributed by atoms with Gasteiger partial charge in [-0.05, 0) is 18.2 Å². The molecule has 0 radical (unpaired) electrons. The monoisotopic (exact) mass is 267 g/mol. The number of likely N-dealkylation sites (tertiary alicyclic amines) is 1. The van der Waals surface area contributed by atoms with Crippen molar-refractivity contribution in [2.24, 2.45) is 0 Å². The predicted octanol–water partition coefficient (Wildman–Crippen LogP) is 0.883. The van der Waals surface area contributed by atoms with Gasteiger partial charge in [0.25, 0.3) is 5.91 Å². The van der Waals surface area contributed by atoms with Crippen LogP contribution in [0.15, 0.2) is 18.2 Å². The number of halogens is 1. The van der Waals surface area contributed by atoms with E-state index < -0.39 is 0 Å². The van der Waals surface area contributed by atoms with Crippen molar-refractivity contribution >= 4 is 29.1 Å². The number of nitrogens with one attached hydrogen (secondary N) is 1. The maximum Gasteiger partial charge on any atom is 0.253 e. The van der Waals surface area contributed by atoms with Crippen LogP contribution >= 0.6 is 11.6 Å². The zero-order valence-electron chi connectivity index (χ0n) is 9.94. The Hall–Kier alpha value is -1.75. The van der Waals surface area contributed by atoms with Gasteiger partial charge >= 0.3 is 0 Å². The van der Waals surface area contributed by atoms with Crippen molar-refractivity contribution < 1.29 is 9.59 Å². The van der Waals surface area contributed by atoms with Gasteiger partial charge < -0.3 is 16.0 Å². The third kappa shape index (κ3) is 2.56.